The minimum atomic E-state index is 0. The fraction of sp³-hybridized carbons (Fsp3) is 0.304. The maximum Gasteiger partial charge on any atom is 0.163 e. The van der Waals surface area contributed by atoms with Crippen molar-refractivity contribution in [2.45, 2.75) is 19.8 Å². The summed E-state index contributed by atoms with van der Waals surface area (Å²) in [6, 6.07) is 9.52. The molecular weight excluding hydrogens is 420 g/mol. The Labute approximate surface area is 187 Å². The number of halogens is 1. The summed E-state index contributed by atoms with van der Waals surface area (Å²) in [6.45, 7) is 2.27. The molecule has 0 amide bonds. The van der Waals surface area contributed by atoms with Gasteiger partial charge in [0.15, 0.2) is 11.5 Å². The number of carbonyl (C=O) groups is 1. The van der Waals surface area contributed by atoms with E-state index in [1.807, 2.05) is 37.3 Å². The first-order chi connectivity index (χ1) is 14.5. The highest BCUT2D eigenvalue weighted by atomic mass is 35.5. The molecule has 7 nitrogen and oxygen atoms in total. The Bertz CT molecular complexity index is 1050. The average molecular weight is 447 g/mol. The molecule has 0 radical (unpaired) electrons. The molecule has 166 valence electrons. The van der Waals surface area contributed by atoms with Gasteiger partial charge in [-0.2, -0.15) is 0 Å². The van der Waals surface area contributed by atoms with Gasteiger partial charge < -0.3 is 24.5 Å². The number of hydrogen-bond acceptors (Lipinski definition) is 7. The van der Waals surface area contributed by atoms with Crippen molar-refractivity contribution in [1.82, 2.24) is 5.16 Å². The van der Waals surface area contributed by atoms with Gasteiger partial charge in [0, 0.05) is 29.5 Å². The molecule has 31 heavy (non-hydrogen) atoms. The van der Waals surface area contributed by atoms with Crippen LogP contribution in [-0.4, -0.2) is 38.8 Å². The molecule has 0 atom stereocenters. The van der Waals surface area contributed by atoms with Gasteiger partial charge in [-0.3, -0.25) is 4.79 Å². The van der Waals surface area contributed by atoms with Crippen LogP contribution in [-0.2, 0) is 11.2 Å². The molecule has 1 aromatic heterocycles. The van der Waals surface area contributed by atoms with Crippen molar-refractivity contribution in [1.29, 1.82) is 0 Å². The first-order valence-corrected chi connectivity index (χ1v) is 9.58. The zero-order valence-electron chi connectivity index (χ0n) is 18.1. The summed E-state index contributed by atoms with van der Waals surface area (Å²) in [5.41, 5.74) is 10.4. The van der Waals surface area contributed by atoms with E-state index in [1.165, 1.54) is 0 Å². The predicted molar refractivity (Wildman–Crippen MR) is 121 cm³/mol. The number of benzene rings is 2. The van der Waals surface area contributed by atoms with E-state index < -0.39 is 0 Å². The lowest BCUT2D eigenvalue weighted by atomic mass is 9.96. The van der Waals surface area contributed by atoms with E-state index >= 15 is 0 Å². The third-order valence-electron chi connectivity index (χ3n) is 4.91. The Morgan fingerprint density at radius 1 is 1.03 bits per heavy atom. The smallest absolute Gasteiger partial charge is 0.163 e. The molecule has 0 spiro atoms. The fourth-order valence-corrected chi connectivity index (χ4v) is 3.49. The minimum absolute atomic E-state index is 0. The van der Waals surface area contributed by atoms with Crippen molar-refractivity contribution in [2.24, 2.45) is 5.73 Å². The first-order valence-electron chi connectivity index (χ1n) is 9.58. The maximum absolute atomic E-state index is 12.1. The van der Waals surface area contributed by atoms with Crippen LogP contribution >= 0.6 is 12.4 Å². The average Bonchev–Trinajstić information content (AvgIpc) is 3.23. The standard InChI is InChI=1S/C23H26N2O5.ClH/c1-14-9-17(12-21(28-3)23(14)29-4)22-19(13-30-25-22)15-5-6-20(27-2)16(10-15)11-18(26)7-8-24;/h5-6,9-10,12-13H,7-8,11,24H2,1-4H3;1H. The summed E-state index contributed by atoms with van der Waals surface area (Å²) >= 11 is 0. The maximum atomic E-state index is 12.1. The number of methoxy groups -OCH3 is 3. The van der Waals surface area contributed by atoms with Gasteiger partial charge in [-0.15, -0.1) is 12.4 Å². The SMILES string of the molecule is COc1ccc(-c2conc2-c2cc(C)c(OC)c(OC)c2)cc1CC(=O)CCN.Cl. The molecule has 0 aliphatic rings. The van der Waals surface area contributed by atoms with Crippen LogP contribution in [0, 0.1) is 6.92 Å². The van der Waals surface area contributed by atoms with Crippen molar-refractivity contribution in [3.63, 3.8) is 0 Å². The molecule has 0 aliphatic carbocycles. The summed E-state index contributed by atoms with van der Waals surface area (Å²) in [5.74, 6) is 2.01. The second kappa shape index (κ2) is 10.8. The molecular formula is C23H27ClN2O5. The van der Waals surface area contributed by atoms with Gasteiger partial charge in [0.2, 0.25) is 0 Å². The third kappa shape index (κ3) is 5.18. The number of carbonyl (C=O) groups excluding carboxylic acids is 1. The summed E-state index contributed by atoms with van der Waals surface area (Å²) in [4.78, 5) is 12.1. The second-order valence-corrected chi connectivity index (χ2v) is 6.89. The summed E-state index contributed by atoms with van der Waals surface area (Å²) in [7, 11) is 4.79. The monoisotopic (exact) mass is 446 g/mol. The van der Waals surface area contributed by atoms with Crippen molar-refractivity contribution in [2.75, 3.05) is 27.9 Å². The van der Waals surface area contributed by atoms with Gasteiger partial charge in [-0.05, 0) is 48.9 Å². The topological polar surface area (TPSA) is 96.8 Å². The van der Waals surface area contributed by atoms with Crippen LogP contribution in [0.25, 0.3) is 22.4 Å². The summed E-state index contributed by atoms with van der Waals surface area (Å²) < 4.78 is 21.6. The highest BCUT2D eigenvalue weighted by Crippen LogP contribution is 2.39. The predicted octanol–water partition coefficient (Wildman–Crippen LogP) is 4.23. The van der Waals surface area contributed by atoms with Crippen LogP contribution in [0.15, 0.2) is 41.1 Å². The van der Waals surface area contributed by atoms with Gasteiger partial charge in [0.1, 0.15) is 23.5 Å². The van der Waals surface area contributed by atoms with Crippen LogP contribution in [0.2, 0.25) is 0 Å². The highest BCUT2D eigenvalue weighted by molar-refractivity contribution is 5.85. The zero-order valence-corrected chi connectivity index (χ0v) is 18.9. The summed E-state index contributed by atoms with van der Waals surface area (Å²) in [6.07, 6.45) is 2.18. The number of ketones is 1. The van der Waals surface area contributed by atoms with Crippen molar-refractivity contribution in [3.8, 4) is 39.6 Å². The summed E-state index contributed by atoms with van der Waals surface area (Å²) in [5, 5.41) is 4.21. The Hall–Kier alpha value is -3.03. The van der Waals surface area contributed by atoms with Gasteiger partial charge in [-0.25, -0.2) is 0 Å². The molecule has 0 bridgehead atoms. The number of ether oxygens (including phenoxy) is 3. The van der Waals surface area contributed by atoms with E-state index in [2.05, 4.69) is 5.16 Å². The third-order valence-corrected chi connectivity index (χ3v) is 4.91. The van der Waals surface area contributed by atoms with E-state index in [4.69, 9.17) is 24.5 Å². The molecule has 2 N–H and O–H groups in total. The zero-order chi connectivity index (χ0) is 21.7. The van der Waals surface area contributed by atoms with E-state index in [1.54, 1.807) is 27.6 Å². The number of nitrogens with zero attached hydrogens (tertiary/aromatic N) is 1. The molecule has 3 aromatic rings. The van der Waals surface area contributed by atoms with Crippen LogP contribution in [0.5, 0.6) is 17.2 Å². The Morgan fingerprint density at radius 2 is 1.77 bits per heavy atom. The van der Waals surface area contributed by atoms with E-state index in [-0.39, 0.29) is 24.6 Å². The fourth-order valence-electron chi connectivity index (χ4n) is 3.49. The molecule has 8 heteroatoms. The van der Waals surface area contributed by atoms with Crippen LogP contribution in [0.1, 0.15) is 17.5 Å². The minimum Gasteiger partial charge on any atom is -0.496 e. The number of hydrogen-bond donors (Lipinski definition) is 1. The van der Waals surface area contributed by atoms with Crippen LogP contribution < -0.4 is 19.9 Å². The quantitative estimate of drug-likeness (QED) is 0.525. The number of aromatic nitrogens is 1. The lowest BCUT2D eigenvalue weighted by Crippen LogP contribution is -2.10. The van der Waals surface area contributed by atoms with E-state index in [0.717, 1.165) is 27.8 Å². The molecule has 0 saturated carbocycles. The van der Waals surface area contributed by atoms with Gasteiger partial charge in [0.25, 0.3) is 0 Å². The molecule has 0 fully saturated rings. The first kappa shape index (κ1) is 24.2. The number of rotatable bonds is 9. The van der Waals surface area contributed by atoms with E-state index in [9.17, 15) is 4.79 Å². The highest BCUT2D eigenvalue weighted by Gasteiger charge is 2.18. The Kier molecular flexibility index (Phi) is 8.47. The normalized spacial score (nSPS) is 10.4. The van der Waals surface area contributed by atoms with Crippen molar-refractivity contribution >= 4 is 18.2 Å². The van der Waals surface area contributed by atoms with Crippen LogP contribution in [0.3, 0.4) is 0 Å². The Balaban J connectivity index is 0.00000341. The molecule has 0 unspecified atom stereocenters. The molecule has 0 aliphatic heterocycles. The number of aryl methyl sites for hydroxylation is 1. The molecule has 0 saturated heterocycles. The lowest BCUT2D eigenvalue weighted by Gasteiger charge is -2.13. The lowest BCUT2D eigenvalue weighted by molar-refractivity contribution is -0.118. The molecule has 3 rings (SSSR count). The Morgan fingerprint density at radius 3 is 2.42 bits per heavy atom. The van der Waals surface area contributed by atoms with Gasteiger partial charge in [-0.1, -0.05) is 11.2 Å². The van der Waals surface area contributed by atoms with Gasteiger partial charge in [0.05, 0.1) is 21.3 Å². The van der Waals surface area contributed by atoms with Crippen molar-refractivity contribution < 1.29 is 23.5 Å². The van der Waals surface area contributed by atoms with Crippen LogP contribution in [0.4, 0.5) is 0 Å². The van der Waals surface area contributed by atoms with Gasteiger partial charge >= 0.3 is 0 Å². The molecule has 2 aromatic carbocycles. The second-order valence-electron chi connectivity index (χ2n) is 6.89. The largest absolute Gasteiger partial charge is 0.496 e. The van der Waals surface area contributed by atoms with Crippen molar-refractivity contribution in [3.05, 3.63) is 47.7 Å². The number of Topliss-reactive ketones (excluding diaryl/α,β-unsaturated/α-hetero) is 1. The molecule has 1 heterocycles. The van der Waals surface area contributed by atoms with E-state index in [0.29, 0.717) is 35.9 Å². The number of nitrogens with two attached hydrogens (primary N) is 1.